The Balaban J connectivity index is 2.10. The number of aromatic nitrogens is 2. The first-order valence-corrected chi connectivity index (χ1v) is 6.50. The van der Waals surface area contributed by atoms with Crippen LogP contribution < -0.4 is 10.9 Å². The lowest BCUT2D eigenvalue weighted by atomic mass is 10.2. The number of nitrogens with zero attached hydrogens (tertiary/aromatic N) is 2. The zero-order valence-corrected chi connectivity index (χ0v) is 11.5. The summed E-state index contributed by atoms with van der Waals surface area (Å²) in [4.78, 5) is 23.6. The van der Waals surface area contributed by atoms with E-state index in [-0.39, 0.29) is 23.2 Å². The predicted octanol–water partition coefficient (Wildman–Crippen LogP) is 1.75. The molecule has 1 heterocycles. The SMILES string of the molecule is CC(C)n1nc(C(=O)NCc2ccccc2)ccc1=O. The highest BCUT2D eigenvalue weighted by molar-refractivity contribution is 5.91. The van der Waals surface area contributed by atoms with E-state index in [2.05, 4.69) is 10.4 Å². The lowest BCUT2D eigenvalue weighted by Gasteiger charge is -2.10. The molecule has 0 spiro atoms. The number of hydrogen-bond donors (Lipinski definition) is 1. The highest BCUT2D eigenvalue weighted by Gasteiger charge is 2.10. The Hall–Kier alpha value is -2.43. The van der Waals surface area contributed by atoms with Crippen LogP contribution in [0.4, 0.5) is 0 Å². The van der Waals surface area contributed by atoms with Crippen LogP contribution in [0.5, 0.6) is 0 Å². The zero-order valence-electron chi connectivity index (χ0n) is 11.5. The molecular weight excluding hydrogens is 254 g/mol. The minimum Gasteiger partial charge on any atom is -0.347 e. The summed E-state index contributed by atoms with van der Waals surface area (Å²) in [6.45, 7) is 4.13. The molecule has 1 aromatic heterocycles. The molecule has 0 aliphatic rings. The van der Waals surface area contributed by atoms with E-state index < -0.39 is 0 Å². The minimum absolute atomic E-state index is 0.0793. The van der Waals surface area contributed by atoms with Crippen molar-refractivity contribution >= 4 is 5.91 Å². The number of rotatable bonds is 4. The molecular formula is C15H17N3O2. The molecule has 2 aromatic rings. The molecule has 0 aliphatic heterocycles. The van der Waals surface area contributed by atoms with E-state index in [1.807, 2.05) is 44.2 Å². The van der Waals surface area contributed by atoms with Crippen LogP contribution in [-0.4, -0.2) is 15.7 Å². The van der Waals surface area contributed by atoms with E-state index in [9.17, 15) is 9.59 Å². The third kappa shape index (κ3) is 3.32. The van der Waals surface area contributed by atoms with Crippen molar-refractivity contribution in [1.82, 2.24) is 15.1 Å². The maximum Gasteiger partial charge on any atom is 0.271 e. The third-order valence-electron chi connectivity index (χ3n) is 2.84. The van der Waals surface area contributed by atoms with Gasteiger partial charge in [-0.15, -0.1) is 0 Å². The summed E-state index contributed by atoms with van der Waals surface area (Å²) in [6, 6.07) is 12.4. The van der Waals surface area contributed by atoms with Crippen molar-refractivity contribution in [2.24, 2.45) is 0 Å². The van der Waals surface area contributed by atoms with Crippen LogP contribution in [0.2, 0.25) is 0 Å². The van der Waals surface area contributed by atoms with Gasteiger partial charge in [0, 0.05) is 12.6 Å². The van der Waals surface area contributed by atoms with Gasteiger partial charge in [-0.1, -0.05) is 30.3 Å². The maximum absolute atomic E-state index is 12.0. The number of hydrogen-bond acceptors (Lipinski definition) is 3. The molecule has 0 saturated carbocycles. The van der Waals surface area contributed by atoms with Crippen LogP contribution in [0.15, 0.2) is 47.3 Å². The molecule has 2 rings (SSSR count). The minimum atomic E-state index is -0.289. The van der Waals surface area contributed by atoms with Gasteiger partial charge in [0.25, 0.3) is 11.5 Å². The van der Waals surface area contributed by atoms with Crippen LogP contribution in [0.3, 0.4) is 0 Å². The highest BCUT2D eigenvalue weighted by Crippen LogP contribution is 2.01. The smallest absolute Gasteiger partial charge is 0.271 e. The topological polar surface area (TPSA) is 64.0 Å². The van der Waals surface area contributed by atoms with Gasteiger partial charge in [-0.3, -0.25) is 9.59 Å². The number of benzene rings is 1. The van der Waals surface area contributed by atoms with Crippen LogP contribution in [-0.2, 0) is 6.54 Å². The fourth-order valence-electron chi connectivity index (χ4n) is 1.79. The average molecular weight is 271 g/mol. The molecule has 1 aromatic carbocycles. The molecule has 5 heteroatoms. The molecule has 20 heavy (non-hydrogen) atoms. The summed E-state index contributed by atoms with van der Waals surface area (Å²) in [6.07, 6.45) is 0. The van der Waals surface area contributed by atoms with Gasteiger partial charge in [0.2, 0.25) is 0 Å². The first kappa shape index (κ1) is 14.0. The van der Waals surface area contributed by atoms with Crippen LogP contribution in [0.25, 0.3) is 0 Å². The van der Waals surface area contributed by atoms with Gasteiger partial charge >= 0.3 is 0 Å². The lowest BCUT2D eigenvalue weighted by molar-refractivity contribution is 0.0943. The number of carbonyl (C=O) groups excluding carboxylic acids is 1. The van der Waals surface area contributed by atoms with E-state index >= 15 is 0 Å². The van der Waals surface area contributed by atoms with Crippen molar-refractivity contribution in [3.8, 4) is 0 Å². The van der Waals surface area contributed by atoms with Crippen LogP contribution in [0, 0.1) is 0 Å². The molecule has 0 aliphatic carbocycles. The molecule has 0 radical (unpaired) electrons. The van der Waals surface area contributed by atoms with Gasteiger partial charge < -0.3 is 5.32 Å². The Bertz CT molecular complexity index is 648. The third-order valence-corrected chi connectivity index (χ3v) is 2.84. The van der Waals surface area contributed by atoms with E-state index in [0.29, 0.717) is 6.54 Å². The molecule has 0 unspecified atom stereocenters. The quantitative estimate of drug-likeness (QED) is 0.921. The van der Waals surface area contributed by atoms with E-state index in [1.165, 1.54) is 16.8 Å². The Morgan fingerprint density at radius 1 is 1.20 bits per heavy atom. The average Bonchev–Trinajstić information content (AvgIpc) is 2.46. The molecule has 1 N–H and O–H groups in total. The second kappa shape index (κ2) is 6.14. The van der Waals surface area contributed by atoms with Gasteiger partial charge in [-0.25, -0.2) is 4.68 Å². The Morgan fingerprint density at radius 3 is 2.55 bits per heavy atom. The fraction of sp³-hybridized carbons (Fsp3) is 0.267. The van der Waals surface area contributed by atoms with Crippen LogP contribution in [0.1, 0.15) is 35.9 Å². The lowest BCUT2D eigenvalue weighted by Crippen LogP contribution is -2.30. The van der Waals surface area contributed by atoms with E-state index in [0.717, 1.165) is 5.56 Å². The fourth-order valence-corrected chi connectivity index (χ4v) is 1.79. The molecule has 0 fully saturated rings. The summed E-state index contributed by atoms with van der Waals surface area (Å²) in [7, 11) is 0. The van der Waals surface area contributed by atoms with Gasteiger partial charge in [0.05, 0.1) is 6.04 Å². The van der Waals surface area contributed by atoms with Gasteiger partial charge in [-0.2, -0.15) is 5.10 Å². The number of amides is 1. The second-order valence-corrected chi connectivity index (χ2v) is 4.76. The largest absolute Gasteiger partial charge is 0.347 e. The molecule has 1 amide bonds. The van der Waals surface area contributed by atoms with Gasteiger partial charge in [0.15, 0.2) is 0 Å². The molecule has 104 valence electrons. The first-order valence-electron chi connectivity index (χ1n) is 6.50. The molecule has 0 bridgehead atoms. The summed E-state index contributed by atoms with van der Waals surface area (Å²) in [5.74, 6) is -0.289. The van der Waals surface area contributed by atoms with E-state index in [4.69, 9.17) is 0 Å². The maximum atomic E-state index is 12.0. The summed E-state index contributed by atoms with van der Waals surface area (Å²) >= 11 is 0. The van der Waals surface area contributed by atoms with Crippen molar-refractivity contribution in [2.75, 3.05) is 0 Å². The second-order valence-electron chi connectivity index (χ2n) is 4.76. The van der Waals surface area contributed by atoms with Crippen molar-refractivity contribution in [2.45, 2.75) is 26.4 Å². The Labute approximate surface area is 117 Å². The number of carbonyl (C=O) groups is 1. The monoisotopic (exact) mass is 271 g/mol. The van der Waals surface area contributed by atoms with Crippen molar-refractivity contribution in [1.29, 1.82) is 0 Å². The standard InChI is InChI=1S/C15H17N3O2/c1-11(2)18-14(19)9-8-13(17-18)15(20)16-10-12-6-4-3-5-7-12/h3-9,11H,10H2,1-2H3,(H,16,20). The molecule has 0 atom stereocenters. The normalized spacial score (nSPS) is 10.6. The summed E-state index contributed by atoms with van der Waals surface area (Å²) < 4.78 is 1.30. The molecule has 0 saturated heterocycles. The zero-order chi connectivity index (χ0) is 14.5. The van der Waals surface area contributed by atoms with Gasteiger partial charge in [-0.05, 0) is 25.5 Å². The van der Waals surface area contributed by atoms with E-state index in [1.54, 1.807) is 0 Å². The van der Waals surface area contributed by atoms with Gasteiger partial charge in [0.1, 0.15) is 5.69 Å². The number of nitrogens with one attached hydrogen (secondary N) is 1. The Morgan fingerprint density at radius 2 is 1.90 bits per heavy atom. The van der Waals surface area contributed by atoms with Crippen molar-refractivity contribution < 1.29 is 4.79 Å². The summed E-state index contributed by atoms with van der Waals surface area (Å²) in [5.41, 5.74) is 1.05. The van der Waals surface area contributed by atoms with Crippen molar-refractivity contribution in [3.05, 3.63) is 64.1 Å². The first-order chi connectivity index (χ1) is 9.58. The highest BCUT2D eigenvalue weighted by atomic mass is 16.2. The predicted molar refractivity (Wildman–Crippen MR) is 76.5 cm³/mol. The van der Waals surface area contributed by atoms with Crippen LogP contribution >= 0.6 is 0 Å². The Kier molecular flexibility index (Phi) is 4.30. The van der Waals surface area contributed by atoms with Crippen molar-refractivity contribution in [3.63, 3.8) is 0 Å². The summed E-state index contributed by atoms with van der Waals surface area (Å²) in [5, 5.41) is 6.86. The molecule has 5 nitrogen and oxygen atoms in total.